The van der Waals surface area contributed by atoms with Crippen molar-refractivity contribution in [2.24, 2.45) is 11.8 Å². The number of rotatable bonds is 5. The van der Waals surface area contributed by atoms with Gasteiger partial charge in [0, 0.05) is 22.9 Å². The van der Waals surface area contributed by atoms with Crippen LogP contribution in [0.15, 0.2) is 54.9 Å². The fourth-order valence-corrected chi connectivity index (χ4v) is 5.29. The first-order valence-electron chi connectivity index (χ1n) is 12.0. The summed E-state index contributed by atoms with van der Waals surface area (Å²) in [6.07, 6.45) is 7.77. The van der Waals surface area contributed by atoms with Crippen molar-refractivity contribution in [2.75, 3.05) is 0 Å². The smallest absolute Gasteiger partial charge is 0.306 e. The summed E-state index contributed by atoms with van der Waals surface area (Å²) in [6.45, 7) is 1.98. The Hall–Kier alpha value is -4.07. The van der Waals surface area contributed by atoms with Crippen LogP contribution in [0.4, 0.5) is 0 Å². The van der Waals surface area contributed by atoms with Gasteiger partial charge in [0.15, 0.2) is 11.3 Å². The second kappa shape index (κ2) is 8.61. The van der Waals surface area contributed by atoms with E-state index < -0.39 is 5.97 Å². The highest BCUT2D eigenvalue weighted by molar-refractivity contribution is 5.87. The topological polar surface area (TPSA) is 109 Å². The van der Waals surface area contributed by atoms with Crippen LogP contribution >= 0.6 is 0 Å². The molecule has 4 heterocycles. The molecule has 2 N–H and O–H groups in total. The average molecular weight is 467 g/mol. The number of hydrogen-bond acceptors (Lipinski definition) is 5. The van der Waals surface area contributed by atoms with Crippen LogP contribution in [-0.4, -0.2) is 40.9 Å². The van der Waals surface area contributed by atoms with Gasteiger partial charge in [0.2, 0.25) is 0 Å². The minimum absolute atomic E-state index is 0.217. The first-order valence-corrected chi connectivity index (χ1v) is 12.0. The molecule has 1 aliphatic rings. The number of carbonyl (C=O) groups is 1. The molecule has 0 spiro atoms. The van der Waals surface area contributed by atoms with Gasteiger partial charge in [0.25, 0.3) is 0 Å². The summed E-state index contributed by atoms with van der Waals surface area (Å²) in [5, 5.41) is 22.6. The molecule has 35 heavy (non-hydrogen) atoms. The summed E-state index contributed by atoms with van der Waals surface area (Å²) in [4.78, 5) is 21.1. The van der Waals surface area contributed by atoms with Crippen LogP contribution in [0.2, 0.25) is 0 Å². The maximum absolute atomic E-state index is 11.4. The van der Waals surface area contributed by atoms with E-state index in [1.807, 2.05) is 60.2 Å². The summed E-state index contributed by atoms with van der Waals surface area (Å²) in [5.41, 5.74) is 7.36. The van der Waals surface area contributed by atoms with Crippen LogP contribution < -0.4 is 0 Å². The molecule has 0 atom stereocenters. The maximum Gasteiger partial charge on any atom is 0.306 e. The SMILES string of the molecule is Cc1n[nH]c2c1c(CC1CCC(C(=O)O)CC1)nc1c(-c3ccc(-c4ccccc4)nc3)cnn12. The molecule has 1 fully saturated rings. The molecular weight excluding hydrogens is 440 g/mol. The zero-order valence-electron chi connectivity index (χ0n) is 19.5. The molecule has 5 aromatic rings. The predicted molar refractivity (Wildman–Crippen MR) is 133 cm³/mol. The number of carboxylic acids is 1. The minimum Gasteiger partial charge on any atom is -0.481 e. The molecule has 0 amide bonds. The van der Waals surface area contributed by atoms with Gasteiger partial charge < -0.3 is 5.11 Å². The normalized spacial score (nSPS) is 18.3. The molecule has 0 saturated heterocycles. The van der Waals surface area contributed by atoms with Gasteiger partial charge in [-0.2, -0.15) is 14.7 Å². The number of H-pyrrole nitrogens is 1. The Morgan fingerprint density at radius 2 is 1.86 bits per heavy atom. The molecule has 0 radical (unpaired) electrons. The summed E-state index contributed by atoms with van der Waals surface area (Å²) in [7, 11) is 0. The van der Waals surface area contributed by atoms with Crippen molar-refractivity contribution in [1.29, 1.82) is 0 Å². The number of fused-ring (bicyclic) bond motifs is 3. The fourth-order valence-electron chi connectivity index (χ4n) is 5.29. The van der Waals surface area contributed by atoms with Gasteiger partial charge >= 0.3 is 5.97 Å². The molecule has 176 valence electrons. The number of carboxylic acid groups (broad SMARTS) is 1. The largest absolute Gasteiger partial charge is 0.481 e. The summed E-state index contributed by atoms with van der Waals surface area (Å²) < 4.78 is 1.82. The van der Waals surface area contributed by atoms with Gasteiger partial charge in [-0.1, -0.05) is 36.4 Å². The van der Waals surface area contributed by atoms with Crippen LogP contribution in [0.5, 0.6) is 0 Å². The summed E-state index contributed by atoms with van der Waals surface area (Å²) >= 11 is 0. The second-order valence-electron chi connectivity index (χ2n) is 9.44. The van der Waals surface area contributed by atoms with E-state index in [0.29, 0.717) is 5.92 Å². The van der Waals surface area contributed by atoms with E-state index in [9.17, 15) is 9.90 Å². The Labute approximate surface area is 202 Å². The number of benzene rings is 1. The lowest BCUT2D eigenvalue weighted by Crippen LogP contribution is -2.22. The standard InChI is InChI=1S/C27H26N6O2/c1-16-24-23(13-17-7-9-19(10-8-17)27(34)35)30-25-21(15-29-33(25)26(24)32-31-16)20-11-12-22(28-14-20)18-5-3-2-4-6-18/h2-6,11-12,14-15,17,19H,7-10,13H2,1H3,(H,31,32)(H,34,35). The first kappa shape index (κ1) is 21.5. The number of nitrogens with zero attached hydrogens (tertiary/aromatic N) is 5. The molecule has 8 nitrogen and oxygen atoms in total. The van der Waals surface area contributed by atoms with E-state index >= 15 is 0 Å². The Balaban J connectivity index is 1.37. The van der Waals surface area contributed by atoms with Gasteiger partial charge in [0.1, 0.15) is 0 Å². The van der Waals surface area contributed by atoms with Gasteiger partial charge in [-0.3, -0.25) is 14.9 Å². The van der Waals surface area contributed by atoms with Gasteiger partial charge in [-0.15, -0.1) is 0 Å². The Kier molecular flexibility index (Phi) is 5.28. The van der Waals surface area contributed by atoms with Crippen LogP contribution in [0.1, 0.15) is 37.1 Å². The average Bonchev–Trinajstić information content (AvgIpc) is 3.49. The van der Waals surface area contributed by atoms with E-state index in [2.05, 4.69) is 26.3 Å². The van der Waals surface area contributed by atoms with Crippen LogP contribution in [0.3, 0.4) is 0 Å². The van der Waals surface area contributed by atoms with Crippen molar-refractivity contribution in [1.82, 2.24) is 29.8 Å². The zero-order chi connectivity index (χ0) is 23.9. The predicted octanol–water partition coefficient (Wildman–Crippen LogP) is 5.08. The van der Waals surface area contributed by atoms with Crippen LogP contribution in [0.25, 0.3) is 39.1 Å². The Morgan fingerprint density at radius 3 is 2.57 bits per heavy atom. The van der Waals surface area contributed by atoms with Crippen LogP contribution in [0, 0.1) is 18.8 Å². The molecule has 4 aromatic heterocycles. The fraction of sp³-hybridized carbons (Fsp3) is 0.296. The molecule has 1 aliphatic carbocycles. The van der Waals surface area contributed by atoms with Gasteiger partial charge in [0.05, 0.1) is 34.6 Å². The van der Waals surface area contributed by atoms with Crippen molar-refractivity contribution >= 4 is 22.6 Å². The van der Waals surface area contributed by atoms with Crippen molar-refractivity contribution < 1.29 is 9.90 Å². The molecule has 0 bridgehead atoms. The van der Waals surface area contributed by atoms with E-state index in [1.165, 1.54) is 0 Å². The Morgan fingerprint density at radius 1 is 1.06 bits per heavy atom. The number of aromatic nitrogens is 6. The number of pyridine rings is 1. The van der Waals surface area contributed by atoms with E-state index in [0.717, 1.165) is 82.6 Å². The molecule has 8 heteroatoms. The highest BCUT2D eigenvalue weighted by atomic mass is 16.4. The second-order valence-corrected chi connectivity index (χ2v) is 9.44. The highest BCUT2D eigenvalue weighted by Gasteiger charge is 2.27. The zero-order valence-corrected chi connectivity index (χ0v) is 19.5. The Bertz CT molecular complexity index is 1510. The van der Waals surface area contributed by atoms with Gasteiger partial charge in [-0.05, 0) is 51.0 Å². The molecular formula is C27H26N6O2. The molecule has 0 aliphatic heterocycles. The minimum atomic E-state index is -0.674. The first-order chi connectivity index (χ1) is 17.1. The van der Waals surface area contributed by atoms with E-state index in [-0.39, 0.29) is 5.92 Å². The van der Waals surface area contributed by atoms with Crippen molar-refractivity contribution in [3.05, 3.63) is 66.2 Å². The molecule has 0 unspecified atom stereocenters. The number of nitrogens with one attached hydrogen (secondary N) is 1. The molecule has 1 saturated carbocycles. The number of hydrogen-bond donors (Lipinski definition) is 2. The maximum atomic E-state index is 11.4. The van der Waals surface area contributed by atoms with Crippen molar-refractivity contribution in [3.63, 3.8) is 0 Å². The van der Waals surface area contributed by atoms with Crippen molar-refractivity contribution in [2.45, 2.75) is 39.0 Å². The molecule has 6 rings (SSSR count). The lowest BCUT2D eigenvalue weighted by atomic mass is 9.80. The van der Waals surface area contributed by atoms with Crippen molar-refractivity contribution in [3.8, 4) is 22.4 Å². The quantitative estimate of drug-likeness (QED) is 0.374. The number of aliphatic carboxylic acids is 1. The van der Waals surface area contributed by atoms with Gasteiger partial charge in [-0.25, -0.2) is 4.98 Å². The number of aryl methyl sites for hydroxylation is 1. The lowest BCUT2D eigenvalue weighted by Gasteiger charge is -2.26. The van der Waals surface area contributed by atoms with Crippen LogP contribution in [-0.2, 0) is 11.2 Å². The third-order valence-corrected chi connectivity index (χ3v) is 7.24. The monoisotopic (exact) mass is 466 g/mol. The van der Waals surface area contributed by atoms with E-state index in [4.69, 9.17) is 4.98 Å². The lowest BCUT2D eigenvalue weighted by molar-refractivity contribution is -0.143. The summed E-state index contributed by atoms with van der Waals surface area (Å²) in [5.74, 6) is -0.478. The van der Waals surface area contributed by atoms with E-state index in [1.54, 1.807) is 0 Å². The highest BCUT2D eigenvalue weighted by Crippen LogP contribution is 2.34. The third kappa shape index (κ3) is 3.84. The molecule has 1 aromatic carbocycles. The third-order valence-electron chi connectivity index (χ3n) is 7.24. The summed E-state index contributed by atoms with van der Waals surface area (Å²) in [6, 6.07) is 14.2. The number of aromatic amines is 1.